The highest BCUT2D eigenvalue weighted by Gasteiger charge is 2.41. The lowest BCUT2D eigenvalue weighted by molar-refractivity contribution is -0.118. The van der Waals surface area contributed by atoms with Gasteiger partial charge in [-0.3, -0.25) is 14.5 Å². The average molecular weight is 318 g/mol. The molecule has 5 heteroatoms. The summed E-state index contributed by atoms with van der Waals surface area (Å²) in [5.74, 6) is -0.690. The van der Waals surface area contributed by atoms with E-state index in [2.05, 4.69) is 0 Å². The number of hydrogen-bond donors (Lipinski definition) is 1. The number of furan rings is 1. The number of para-hydroxylation sites is 1. The van der Waals surface area contributed by atoms with Crippen LogP contribution in [0.15, 0.2) is 71.3 Å². The molecule has 3 aromatic rings. The van der Waals surface area contributed by atoms with Crippen LogP contribution in [0, 0.1) is 0 Å². The number of nitrogens with two attached hydrogens (primary N) is 1. The van der Waals surface area contributed by atoms with Gasteiger partial charge in [-0.05, 0) is 48.0 Å². The molecule has 1 aliphatic heterocycles. The van der Waals surface area contributed by atoms with Gasteiger partial charge in [0.2, 0.25) is 11.8 Å². The molecule has 2 aromatic carbocycles. The highest BCUT2D eigenvalue weighted by Crippen LogP contribution is 2.45. The summed E-state index contributed by atoms with van der Waals surface area (Å²) in [5, 5.41) is 0. The van der Waals surface area contributed by atoms with Crippen molar-refractivity contribution in [3.8, 4) is 0 Å². The largest absolute Gasteiger partial charge is 0.468 e. The predicted molar refractivity (Wildman–Crippen MR) is 89.1 cm³/mol. The van der Waals surface area contributed by atoms with Crippen LogP contribution in [0.25, 0.3) is 0 Å². The minimum Gasteiger partial charge on any atom is -0.468 e. The van der Waals surface area contributed by atoms with Crippen LogP contribution >= 0.6 is 0 Å². The van der Waals surface area contributed by atoms with Crippen molar-refractivity contribution < 1.29 is 14.0 Å². The minimum absolute atomic E-state index is 0.118. The van der Waals surface area contributed by atoms with E-state index in [1.165, 1.54) is 6.26 Å². The Balaban J connectivity index is 1.92. The zero-order chi connectivity index (χ0) is 16.7. The number of carbonyl (C=O) groups is 2. The van der Waals surface area contributed by atoms with Crippen molar-refractivity contribution in [1.29, 1.82) is 0 Å². The fraction of sp³-hybridized carbons (Fsp3) is 0.0526. The third-order valence-corrected chi connectivity index (χ3v) is 4.17. The maximum atomic E-state index is 13.1. The average Bonchev–Trinajstić information content (AvgIpc) is 3.20. The van der Waals surface area contributed by atoms with E-state index >= 15 is 0 Å². The molecule has 0 saturated heterocycles. The zero-order valence-electron chi connectivity index (χ0n) is 12.7. The molecular formula is C19H14N2O3. The molecule has 118 valence electrons. The molecule has 1 unspecified atom stereocenters. The fourth-order valence-electron chi connectivity index (χ4n) is 3.10. The Morgan fingerprint density at radius 2 is 1.83 bits per heavy atom. The van der Waals surface area contributed by atoms with Gasteiger partial charge < -0.3 is 10.2 Å². The fourth-order valence-corrected chi connectivity index (χ4v) is 3.10. The number of nitrogens with zero attached hydrogens (tertiary/aromatic N) is 1. The van der Waals surface area contributed by atoms with Gasteiger partial charge in [0, 0.05) is 11.3 Å². The standard InChI is InChI=1S/C19H14N2O3/c20-18(22)12-8-9-15-14(11-12)17(16-7-4-10-24-16)19(23)21(15)13-5-2-1-3-6-13/h1-11,17H,(H2,20,22). The molecule has 0 aliphatic carbocycles. The van der Waals surface area contributed by atoms with Crippen LogP contribution in [0.5, 0.6) is 0 Å². The van der Waals surface area contributed by atoms with Crippen molar-refractivity contribution in [2.45, 2.75) is 5.92 Å². The van der Waals surface area contributed by atoms with Crippen molar-refractivity contribution in [2.24, 2.45) is 5.73 Å². The van der Waals surface area contributed by atoms with E-state index in [1.807, 2.05) is 30.3 Å². The van der Waals surface area contributed by atoms with Crippen molar-refractivity contribution in [3.05, 3.63) is 83.8 Å². The SMILES string of the molecule is NC(=O)c1ccc2c(c1)C(c1ccco1)C(=O)N2c1ccccc1. The van der Waals surface area contributed by atoms with Gasteiger partial charge in [0.25, 0.3) is 0 Å². The quantitative estimate of drug-likeness (QED) is 0.805. The van der Waals surface area contributed by atoms with Gasteiger partial charge in [0.15, 0.2) is 0 Å². The van der Waals surface area contributed by atoms with E-state index < -0.39 is 11.8 Å². The molecule has 1 aromatic heterocycles. The zero-order valence-corrected chi connectivity index (χ0v) is 12.7. The Kier molecular flexibility index (Phi) is 3.20. The summed E-state index contributed by atoms with van der Waals surface area (Å²) < 4.78 is 5.47. The van der Waals surface area contributed by atoms with Gasteiger partial charge in [-0.1, -0.05) is 18.2 Å². The number of amides is 2. The summed E-state index contributed by atoms with van der Waals surface area (Å²) >= 11 is 0. The highest BCUT2D eigenvalue weighted by molar-refractivity contribution is 6.12. The highest BCUT2D eigenvalue weighted by atomic mass is 16.3. The van der Waals surface area contributed by atoms with Gasteiger partial charge in [0.1, 0.15) is 11.7 Å². The Bertz CT molecular complexity index is 917. The lowest BCUT2D eigenvalue weighted by Gasteiger charge is -2.17. The van der Waals surface area contributed by atoms with E-state index in [9.17, 15) is 9.59 Å². The van der Waals surface area contributed by atoms with E-state index in [0.717, 1.165) is 16.9 Å². The topological polar surface area (TPSA) is 76.5 Å². The van der Waals surface area contributed by atoms with Crippen LogP contribution < -0.4 is 10.6 Å². The maximum Gasteiger partial charge on any atom is 0.248 e. The van der Waals surface area contributed by atoms with Gasteiger partial charge in [-0.2, -0.15) is 0 Å². The van der Waals surface area contributed by atoms with Crippen molar-refractivity contribution in [1.82, 2.24) is 0 Å². The molecule has 1 aliphatic rings. The second-order valence-corrected chi connectivity index (χ2v) is 5.60. The van der Waals surface area contributed by atoms with Crippen molar-refractivity contribution in [3.63, 3.8) is 0 Å². The molecule has 0 saturated carbocycles. The first-order chi connectivity index (χ1) is 11.7. The molecule has 2 heterocycles. The Labute approximate surface area is 138 Å². The van der Waals surface area contributed by atoms with Crippen molar-refractivity contribution in [2.75, 3.05) is 4.90 Å². The number of fused-ring (bicyclic) bond motifs is 1. The lowest BCUT2D eigenvalue weighted by atomic mass is 9.96. The van der Waals surface area contributed by atoms with E-state index in [4.69, 9.17) is 10.2 Å². The maximum absolute atomic E-state index is 13.1. The van der Waals surface area contributed by atoms with E-state index in [1.54, 1.807) is 35.2 Å². The minimum atomic E-state index is -0.588. The molecule has 0 fully saturated rings. The van der Waals surface area contributed by atoms with Crippen LogP contribution in [-0.4, -0.2) is 11.8 Å². The Morgan fingerprint density at radius 1 is 1.04 bits per heavy atom. The van der Waals surface area contributed by atoms with E-state index in [0.29, 0.717) is 11.3 Å². The first-order valence-electron chi connectivity index (χ1n) is 7.53. The number of anilines is 2. The van der Waals surface area contributed by atoms with Gasteiger partial charge in [-0.15, -0.1) is 0 Å². The van der Waals surface area contributed by atoms with Gasteiger partial charge in [-0.25, -0.2) is 0 Å². The Hall–Kier alpha value is -3.34. The summed E-state index contributed by atoms with van der Waals surface area (Å²) in [4.78, 5) is 26.3. The third kappa shape index (κ3) is 2.10. The smallest absolute Gasteiger partial charge is 0.248 e. The van der Waals surface area contributed by atoms with Crippen molar-refractivity contribution >= 4 is 23.2 Å². The molecule has 2 N–H and O–H groups in total. The molecular weight excluding hydrogens is 304 g/mol. The summed E-state index contributed by atoms with van der Waals surface area (Å²) in [5.41, 5.74) is 7.98. The first kappa shape index (κ1) is 14.3. The number of benzene rings is 2. The second-order valence-electron chi connectivity index (χ2n) is 5.60. The van der Waals surface area contributed by atoms with Crippen LogP contribution in [-0.2, 0) is 4.79 Å². The molecule has 4 rings (SSSR count). The predicted octanol–water partition coefficient (Wildman–Crippen LogP) is 3.19. The number of hydrogen-bond acceptors (Lipinski definition) is 3. The molecule has 24 heavy (non-hydrogen) atoms. The van der Waals surface area contributed by atoms with Gasteiger partial charge in [0.05, 0.1) is 12.0 Å². The Morgan fingerprint density at radius 3 is 2.50 bits per heavy atom. The van der Waals surface area contributed by atoms with Crippen LogP contribution in [0.2, 0.25) is 0 Å². The monoisotopic (exact) mass is 318 g/mol. The molecule has 5 nitrogen and oxygen atoms in total. The summed E-state index contributed by atoms with van der Waals surface area (Å²) in [6.07, 6.45) is 1.53. The van der Waals surface area contributed by atoms with Gasteiger partial charge >= 0.3 is 0 Å². The normalized spacial score (nSPS) is 16.2. The first-order valence-corrected chi connectivity index (χ1v) is 7.53. The van der Waals surface area contributed by atoms with Crippen LogP contribution in [0.3, 0.4) is 0 Å². The number of carbonyl (C=O) groups excluding carboxylic acids is 2. The second kappa shape index (κ2) is 5.38. The summed E-state index contributed by atoms with van der Waals surface area (Å²) in [7, 11) is 0. The molecule has 0 spiro atoms. The molecule has 1 atom stereocenters. The van der Waals surface area contributed by atoms with E-state index in [-0.39, 0.29) is 5.91 Å². The third-order valence-electron chi connectivity index (χ3n) is 4.17. The molecule has 0 bridgehead atoms. The summed E-state index contributed by atoms with van der Waals surface area (Å²) in [6.45, 7) is 0. The number of rotatable bonds is 3. The molecule has 0 radical (unpaired) electrons. The summed E-state index contributed by atoms with van der Waals surface area (Å²) in [6, 6.07) is 17.9. The van der Waals surface area contributed by atoms with Crippen LogP contribution in [0.1, 0.15) is 27.6 Å². The lowest BCUT2D eigenvalue weighted by Crippen LogP contribution is -2.24. The molecule has 2 amide bonds. The number of primary amides is 1. The van der Waals surface area contributed by atoms with Crippen LogP contribution in [0.4, 0.5) is 11.4 Å².